The summed E-state index contributed by atoms with van der Waals surface area (Å²) in [6.07, 6.45) is 4.04. The topological polar surface area (TPSA) is 97.0 Å². The zero-order valence-corrected chi connectivity index (χ0v) is 24.1. The molecule has 0 atom stereocenters. The number of aromatic nitrogens is 3. The summed E-state index contributed by atoms with van der Waals surface area (Å²) in [7, 11) is 1.46. The molecule has 212 valence electrons. The number of hydrogen-bond donors (Lipinski definition) is 1. The molecule has 3 aromatic heterocycles. The number of benzene rings is 2. The van der Waals surface area contributed by atoms with Crippen molar-refractivity contribution in [1.82, 2.24) is 19.3 Å². The highest BCUT2D eigenvalue weighted by molar-refractivity contribution is 6.39. The molecule has 8 nitrogen and oxygen atoms in total. The molecule has 0 aliphatic carbocycles. The summed E-state index contributed by atoms with van der Waals surface area (Å²) in [5.41, 5.74) is 5.60. The Morgan fingerprint density at radius 1 is 1.00 bits per heavy atom. The first-order valence-electron chi connectivity index (χ1n) is 13.3. The van der Waals surface area contributed by atoms with Gasteiger partial charge in [0.1, 0.15) is 5.65 Å². The van der Waals surface area contributed by atoms with Gasteiger partial charge in [-0.3, -0.25) is 18.9 Å². The molecule has 1 aliphatic heterocycles. The lowest BCUT2D eigenvalue weighted by Gasteiger charge is -2.37. The monoisotopic (exact) mass is 600 g/mol. The molecule has 1 saturated heterocycles. The van der Waals surface area contributed by atoms with Crippen LogP contribution in [0.4, 0.5) is 0 Å². The third-order valence-corrected chi connectivity index (χ3v) is 8.36. The summed E-state index contributed by atoms with van der Waals surface area (Å²) < 4.78 is 6.81. The Bertz CT molecular complexity index is 1890. The van der Waals surface area contributed by atoms with Crippen LogP contribution in [0.3, 0.4) is 0 Å². The van der Waals surface area contributed by atoms with E-state index in [-0.39, 0.29) is 24.0 Å². The van der Waals surface area contributed by atoms with Crippen molar-refractivity contribution in [2.75, 3.05) is 26.8 Å². The Kier molecular flexibility index (Phi) is 7.79. The first kappa shape index (κ1) is 28.1. The van der Waals surface area contributed by atoms with E-state index in [0.717, 1.165) is 35.3 Å². The molecule has 10 heteroatoms. The number of halogens is 2. The number of likely N-dealkylation sites (tertiary alicyclic amines) is 1. The molecule has 5 aromatic rings. The van der Waals surface area contributed by atoms with E-state index >= 15 is 0 Å². The number of hydrogen-bond acceptors (Lipinski definition) is 7. The molecular weight excluding hydrogens is 575 g/mol. The predicted octanol–water partition coefficient (Wildman–Crippen LogP) is 5.64. The average Bonchev–Trinajstić information content (AvgIpc) is 2.99. The fraction of sp³-hybridized carbons (Fsp3) is 0.188. The smallest absolute Gasteiger partial charge is 0.262 e. The molecule has 1 aliphatic rings. The van der Waals surface area contributed by atoms with Gasteiger partial charge in [-0.25, -0.2) is 9.97 Å². The second-order valence-corrected chi connectivity index (χ2v) is 11.0. The number of carbonyl (C=O) groups excluding carboxylic acids is 1. The SMILES string of the molecule is COc1nc(-c2cccc(-c3cccc(-c4ccn5c(=O)c(CN6CC(CO)C6)cnc5c4)c3Cl)c2Cl)ccc1C=O. The fourth-order valence-electron chi connectivity index (χ4n) is 5.31. The molecule has 0 spiro atoms. The third kappa shape index (κ3) is 5.07. The molecular formula is C32H26Cl2N4O4. The normalized spacial score (nSPS) is 13.7. The van der Waals surface area contributed by atoms with Crippen molar-refractivity contribution in [2.24, 2.45) is 5.92 Å². The maximum atomic E-state index is 13.1. The van der Waals surface area contributed by atoms with Crippen molar-refractivity contribution in [3.8, 4) is 39.4 Å². The van der Waals surface area contributed by atoms with Gasteiger partial charge in [0.15, 0.2) is 6.29 Å². The van der Waals surface area contributed by atoms with E-state index in [2.05, 4.69) is 14.9 Å². The van der Waals surface area contributed by atoms with Crippen LogP contribution in [0.15, 0.2) is 77.9 Å². The highest BCUT2D eigenvalue weighted by Crippen LogP contribution is 2.42. The van der Waals surface area contributed by atoms with Gasteiger partial charge in [-0.1, -0.05) is 59.6 Å². The van der Waals surface area contributed by atoms with Crippen LogP contribution in [0.2, 0.25) is 10.0 Å². The number of aliphatic hydroxyl groups excluding tert-OH is 1. The summed E-state index contributed by atoms with van der Waals surface area (Å²) in [5.74, 6) is 0.493. The largest absolute Gasteiger partial charge is 0.480 e. The van der Waals surface area contributed by atoms with E-state index < -0.39 is 0 Å². The van der Waals surface area contributed by atoms with E-state index in [1.807, 2.05) is 48.5 Å². The average molecular weight is 601 g/mol. The maximum absolute atomic E-state index is 13.1. The van der Waals surface area contributed by atoms with Crippen molar-refractivity contribution in [2.45, 2.75) is 6.54 Å². The quantitative estimate of drug-likeness (QED) is 0.230. The molecule has 42 heavy (non-hydrogen) atoms. The van der Waals surface area contributed by atoms with E-state index in [1.54, 1.807) is 24.5 Å². The summed E-state index contributed by atoms with van der Waals surface area (Å²) in [4.78, 5) is 35.6. The van der Waals surface area contributed by atoms with Gasteiger partial charge in [-0.05, 0) is 29.8 Å². The van der Waals surface area contributed by atoms with Gasteiger partial charge in [0, 0.05) is 66.8 Å². The predicted molar refractivity (Wildman–Crippen MR) is 163 cm³/mol. The fourth-order valence-corrected chi connectivity index (χ4v) is 5.97. The molecule has 1 fully saturated rings. The molecule has 0 saturated carbocycles. The van der Waals surface area contributed by atoms with Gasteiger partial charge >= 0.3 is 0 Å². The number of ether oxygens (including phenoxy) is 1. The van der Waals surface area contributed by atoms with E-state index in [0.29, 0.717) is 50.9 Å². The second kappa shape index (κ2) is 11.7. The number of carbonyl (C=O) groups is 1. The molecule has 0 unspecified atom stereocenters. The minimum Gasteiger partial charge on any atom is -0.480 e. The summed E-state index contributed by atoms with van der Waals surface area (Å²) >= 11 is 13.9. The lowest BCUT2D eigenvalue weighted by Crippen LogP contribution is -2.48. The number of rotatable bonds is 8. The summed E-state index contributed by atoms with van der Waals surface area (Å²) in [6, 6.07) is 18.4. The number of aldehydes is 1. The lowest BCUT2D eigenvalue weighted by atomic mass is 9.97. The van der Waals surface area contributed by atoms with Crippen LogP contribution in [0.1, 0.15) is 15.9 Å². The number of methoxy groups -OCH3 is 1. The Hall–Kier alpha value is -4.08. The Morgan fingerprint density at radius 3 is 2.38 bits per heavy atom. The van der Waals surface area contributed by atoms with E-state index in [9.17, 15) is 14.7 Å². The number of aliphatic hydroxyl groups is 1. The number of fused-ring (bicyclic) bond motifs is 1. The zero-order chi connectivity index (χ0) is 29.4. The molecule has 0 bridgehead atoms. The first-order chi connectivity index (χ1) is 20.4. The molecule has 1 N–H and O–H groups in total. The molecule has 6 rings (SSSR count). The van der Waals surface area contributed by atoms with Gasteiger partial charge in [0.25, 0.3) is 5.56 Å². The Balaban J connectivity index is 1.35. The maximum Gasteiger partial charge on any atom is 0.262 e. The highest BCUT2D eigenvalue weighted by Gasteiger charge is 2.26. The highest BCUT2D eigenvalue weighted by atomic mass is 35.5. The second-order valence-electron chi connectivity index (χ2n) is 10.2. The molecule has 2 aromatic carbocycles. The number of nitrogens with zero attached hydrogens (tertiary/aromatic N) is 4. The van der Waals surface area contributed by atoms with Crippen molar-refractivity contribution in [3.63, 3.8) is 0 Å². The van der Waals surface area contributed by atoms with E-state index in [4.69, 9.17) is 27.9 Å². The summed E-state index contributed by atoms with van der Waals surface area (Å²) in [6.45, 7) is 2.22. The van der Waals surface area contributed by atoms with Crippen LogP contribution in [0.25, 0.3) is 39.2 Å². The van der Waals surface area contributed by atoms with Gasteiger partial charge in [-0.2, -0.15) is 0 Å². The molecule has 0 radical (unpaired) electrons. The van der Waals surface area contributed by atoms with Gasteiger partial charge in [0.2, 0.25) is 5.88 Å². The Morgan fingerprint density at radius 2 is 1.69 bits per heavy atom. The van der Waals surface area contributed by atoms with Crippen LogP contribution in [0.5, 0.6) is 5.88 Å². The van der Waals surface area contributed by atoms with E-state index in [1.165, 1.54) is 11.5 Å². The summed E-state index contributed by atoms with van der Waals surface area (Å²) in [5, 5.41) is 10.2. The van der Waals surface area contributed by atoms with Crippen molar-refractivity contribution in [3.05, 3.63) is 105 Å². The number of pyridine rings is 2. The third-order valence-electron chi connectivity index (χ3n) is 7.55. The molecule has 4 heterocycles. The van der Waals surface area contributed by atoms with Crippen LogP contribution in [-0.2, 0) is 6.54 Å². The standard InChI is InChI=1S/C32H26Cl2N4O4/c1-42-31-21(18-40)8-9-27(36-31)26-7-3-6-25(30(26)34)24-5-2-4-23(29(24)33)20-10-11-38-28(12-20)35-13-22(32(38)41)16-37-14-19(15-37)17-39/h2-13,18-19,39H,14-17H2,1H3. The van der Waals surface area contributed by atoms with Crippen LogP contribution in [-0.4, -0.2) is 57.5 Å². The van der Waals surface area contributed by atoms with Gasteiger partial charge in [-0.15, -0.1) is 0 Å². The van der Waals surface area contributed by atoms with Crippen LogP contribution in [0, 0.1) is 5.92 Å². The first-order valence-corrected chi connectivity index (χ1v) is 14.1. The van der Waals surface area contributed by atoms with Crippen molar-refractivity contribution < 1.29 is 14.6 Å². The minimum atomic E-state index is -0.117. The van der Waals surface area contributed by atoms with Crippen molar-refractivity contribution in [1.29, 1.82) is 0 Å². The lowest BCUT2D eigenvalue weighted by molar-refractivity contribution is 0.0475. The van der Waals surface area contributed by atoms with Gasteiger partial charge in [0.05, 0.1) is 34.0 Å². The minimum absolute atomic E-state index is 0.117. The van der Waals surface area contributed by atoms with Crippen LogP contribution >= 0.6 is 23.2 Å². The zero-order valence-electron chi connectivity index (χ0n) is 22.6. The Labute approximate surface area is 251 Å². The van der Waals surface area contributed by atoms with Crippen molar-refractivity contribution >= 4 is 35.1 Å². The van der Waals surface area contributed by atoms with Crippen LogP contribution < -0.4 is 10.3 Å². The molecule has 0 amide bonds. The van der Waals surface area contributed by atoms with Gasteiger partial charge < -0.3 is 9.84 Å².